The van der Waals surface area contributed by atoms with E-state index in [9.17, 15) is 17.8 Å². The first-order chi connectivity index (χ1) is 9.61. The van der Waals surface area contributed by atoms with Crippen molar-refractivity contribution in [3.8, 4) is 0 Å². The third-order valence-corrected chi connectivity index (χ3v) is 11.2. The van der Waals surface area contributed by atoms with E-state index in [-0.39, 0.29) is 6.61 Å². The highest BCUT2D eigenvalue weighted by Gasteiger charge is 2.40. The van der Waals surface area contributed by atoms with E-state index in [1.165, 1.54) is 21.2 Å². The van der Waals surface area contributed by atoms with Crippen molar-refractivity contribution in [1.29, 1.82) is 0 Å². The van der Waals surface area contributed by atoms with Gasteiger partial charge in [-0.2, -0.15) is 0 Å². The van der Waals surface area contributed by atoms with Crippen LogP contribution in [-0.2, 0) is 24.1 Å². The van der Waals surface area contributed by atoms with Crippen LogP contribution in [0.2, 0.25) is 0 Å². The molecular weight excluding hydrogens is 335 g/mol. The fourth-order valence-electron chi connectivity index (χ4n) is 1.44. The molecule has 1 atom stereocenters. The number of nitrogens with zero attached hydrogens (tertiary/aromatic N) is 2. The summed E-state index contributed by atoms with van der Waals surface area (Å²) >= 11 is 1.01. The van der Waals surface area contributed by atoms with Crippen LogP contribution in [0.4, 0.5) is 0 Å². The van der Waals surface area contributed by atoms with Crippen molar-refractivity contribution >= 4 is 34.0 Å². The average Bonchev–Trinajstić information content (AvgIpc) is 2.41. The zero-order valence-electron chi connectivity index (χ0n) is 13.2. The lowest BCUT2D eigenvalue weighted by atomic mass is 10.3. The molecule has 0 aliphatic heterocycles. The first-order valence-corrected chi connectivity index (χ1v) is 11.6. The number of amides is 1. The molecule has 10 heteroatoms. The Kier molecular flexibility index (Phi) is 9.11. The summed E-state index contributed by atoms with van der Waals surface area (Å²) in [6.07, 6.45) is 3.76. The first kappa shape index (κ1) is 20.9. The summed E-state index contributed by atoms with van der Waals surface area (Å²) < 4.78 is 43.1. The van der Waals surface area contributed by atoms with E-state index in [4.69, 9.17) is 4.74 Å². The largest absolute Gasteiger partial charge is 0.375 e. The quantitative estimate of drug-likeness (QED) is 0.438. The minimum absolute atomic E-state index is 0.242. The fourth-order valence-corrected chi connectivity index (χ4v) is 8.79. The third kappa shape index (κ3) is 6.28. The summed E-state index contributed by atoms with van der Waals surface area (Å²) in [6.45, 7) is -1.78. The van der Waals surface area contributed by atoms with Crippen LogP contribution in [0, 0.1) is 0 Å². The van der Waals surface area contributed by atoms with E-state index in [2.05, 4.69) is 0 Å². The van der Waals surface area contributed by atoms with Gasteiger partial charge in [-0.15, -0.1) is 4.08 Å². The van der Waals surface area contributed by atoms with Crippen LogP contribution in [0.3, 0.4) is 0 Å². The SMILES string of the molecule is CCCCCSP(=O)(N(C)C(=O)COC)N(C)S(C)(=O)=O. The van der Waals surface area contributed by atoms with E-state index in [0.717, 1.165) is 45.6 Å². The number of methoxy groups -OCH3 is 1. The van der Waals surface area contributed by atoms with Crippen molar-refractivity contribution in [3.63, 3.8) is 0 Å². The van der Waals surface area contributed by atoms with Gasteiger partial charge in [-0.1, -0.05) is 31.1 Å². The van der Waals surface area contributed by atoms with Crippen LogP contribution in [0.1, 0.15) is 26.2 Å². The molecule has 0 spiro atoms. The minimum atomic E-state index is -3.68. The second kappa shape index (κ2) is 9.15. The van der Waals surface area contributed by atoms with Crippen LogP contribution in [0.25, 0.3) is 0 Å². The van der Waals surface area contributed by atoms with E-state index >= 15 is 0 Å². The van der Waals surface area contributed by atoms with Crippen LogP contribution < -0.4 is 0 Å². The van der Waals surface area contributed by atoms with Crippen molar-refractivity contribution in [2.75, 3.05) is 39.8 Å². The summed E-state index contributed by atoms with van der Waals surface area (Å²) in [5.74, 6) is 0.00888. The molecule has 0 aliphatic carbocycles. The summed E-state index contributed by atoms with van der Waals surface area (Å²) in [5.41, 5.74) is 0. The molecule has 21 heavy (non-hydrogen) atoms. The number of ether oxygens (including phenoxy) is 1. The minimum Gasteiger partial charge on any atom is -0.375 e. The molecule has 0 bridgehead atoms. The predicted octanol–water partition coefficient (Wildman–Crippen LogP) is 2.01. The normalized spacial score (nSPS) is 15.0. The van der Waals surface area contributed by atoms with Gasteiger partial charge in [-0.3, -0.25) is 14.0 Å². The number of hydrogen-bond acceptors (Lipinski definition) is 6. The number of carbonyl (C=O) groups excluding carboxylic acids is 1. The van der Waals surface area contributed by atoms with Gasteiger partial charge in [0.1, 0.15) is 6.61 Å². The summed E-state index contributed by atoms with van der Waals surface area (Å²) in [4.78, 5) is 11.9. The van der Waals surface area contributed by atoms with E-state index in [1.54, 1.807) is 0 Å². The Morgan fingerprint density at radius 1 is 1.29 bits per heavy atom. The number of rotatable bonds is 10. The molecule has 0 N–H and O–H groups in total. The molecule has 0 aliphatic rings. The second-order valence-corrected chi connectivity index (χ2v) is 11.9. The number of carbonyl (C=O) groups is 1. The Balaban J connectivity index is 5.26. The van der Waals surface area contributed by atoms with Crippen LogP contribution >= 0.6 is 18.0 Å². The molecule has 0 aromatic carbocycles. The second-order valence-electron chi connectivity index (χ2n) is 4.58. The van der Waals surface area contributed by atoms with Gasteiger partial charge in [0, 0.05) is 27.0 Å². The highest BCUT2D eigenvalue weighted by atomic mass is 32.7. The zero-order chi connectivity index (χ0) is 16.7. The molecular formula is C11H25N2O5PS2. The molecule has 0 heterocycles. The number of hydrogen-bond donors (Lipinski definition) is 0. The first-order valence-electron chi connectivity index (χ1n) is 6.56. The van der Waals surface area contributed by atoms with Crippen molar-refractivity contribution in [1.82, 2.24) is 8.75 Å². The van der Waals surface area contributed by atoms with Crippen LogP contribution in [-0.4, -0.2) is 62.9 Å². The molecule has 0 saturated carbocycles. The van der Waals surface area contributed by atoms with Gasteiger partial charge in [0.2, 0.25) is 10.0 Å². The predicted molar refractivity (Wildman–Crippen MR) is 86.8 cm³/mol. The fraction of sp³-hybridized carbons (Fsp3) is 0.909. The van der Waals surface area contributed by atoms with E-state index < -0.39 is 22.6 Å². The Labute approximate surface area is 131 Å². The van der Waals surface area contributed by atoms with Crippen LogP contribution in [0.15, 0.2) is 0 Å². The molecule has 0 aromatic heterocycles. The van der Waals surface area contributed by atoms with Crippen LogP contribution in [0.5, 0.6) is 0 Å². The summed E-state index contributed by atoms with van der Waals surface area (Å²) in [5, 5.41) is 0. The Morgan fingerprint density at radius 3 is 2.29 bits per heavy atom. The summed E-state index contributed by atoms with van der Waals surface area (Å²) in [7, 11) is 0.250. The maximum absolute atomic E-state index is 13.1. The third-order valence-electron chi connectivity index (χ3n) is 2.85. The lowest BCUT2D eigenvalue weighted by Gasteiger charge is -2.32. The smallest absolute Gasteiger partial charge is 0.310 e. The molecule has 0 radical (unpaired) electrons. The van der Waals surface area contributed by atoms with Gasteiger partial charge in [0.05, 0.1) is 6.26 Å². The van der Waals surface area contributed by atoms with Crippen molar-refractivity contribution in [2.24, 2.45) is 0 Å². The monoisotopic (exact) mass is 360 g/mol. The molecule has 0 rings (SSSR count). The van der Waals surface area contributed by atoms with E-state index in [0.29, 0.717) is 5.75 Å². The zero-order valence-corrected chi connectivity index (χ0v) is 15.8. The molecule has 0 aromatic rings. The maximum atomic E-state index is 13.1. The van der Waals surface area contributed by atoms with Gasteiger partial charge < -0.3 is 4.74 Å². The highest BCUT2D eigenvalue weighted by molar-refractivity contribution is 8.57. The standard InChI is InChI=1S/C11H25N2O5PS2/c1-6-7-8-9-20-19(15,13(3)21(5,16)17)12(2)11(14)10-18-4/h6-10H2,1-5H3. The summed E-state index contributed by atoms with van der Waals surface area (Å²) in [6, 6.07) is 0. The maximum Gasteiger partial charge on any atom is 0.310 e. The molecule has 7 nitrogen and oxygen atoms in total. The molecule has 1 amide bonds. The Bertz CT molecular complexity index is 483. The van der Waals surface area contributed by atoms with Crippen molar-refractivity contribution in [2.45, 2.75) is 26.2 Å². The number of likely N-dealkylation sites (N-methyl/N-ethyl adjacent to an activating group) is 1. The topological polar surface area (TPSA) is 84.0 Å². The lowest BCUT2D eigenvalue weighted by Crippen LogP contribution is -2.34. The highest BCUT2D eigenvalue weighted by Crippen LogP contribution is 2.64. The van der Waals surface area contributed by atoms with Crippen molar-refractivity contribution in [3.05, 3.63) is 0 Å². The average molecular weight is 360 g/mol. The van der Waals surface area contributed by atoms with Gasteiger partial charge in [-0.25, -0.2) is 8.42 Å². The van der Waals surface area contributed by atoms with Gasteiger partial charge in [-0.05, 0) is 6.42 Å². The molecule has 126 valence electrons. The molecule has 1 unspecified atom stereocenters. The Morgan fingerprint density at radius 2 is 1.86 bits per heavy atom. The molecule has 0 saturated heterocycles. The lowest BCUT2D eigenvalue weighted by molar-refractivity contribution is -0.129. The Hall–Kier alpha value is -0.0800. The van der Waals surface area contributed by atoms with Crippen molar-refractivity contribution < 1.29 is 22.5 Å². The van der Waals surface area contributed by atoms with Gasteiger partial charge >= 0.3 is 6.65 Å². The van der Waals surface area contributed by atoms with Gasteiger partial charge in [0.15, 0.2) is 0 Å². The van der Waals surface area contributed by atoms with Gasteiger partial charge in [0.25, 0.3) is 5.91 Å². The molecule has 0 fully saturated rings. The number of sulfonamides is 1. The number of unbranched alkanes of at least 4 members (excludes halogenated alkanes) is 2. The van der Waals surface area contributed by atoms with E-state index in [1.807, 2.05) is 6.92 Å².